The second kappa shape index (κ2) is 2.98. The first-order chi connectivity index (χ1) is 5.31. The van der Waals surface area contributed by atoms with Crippen molar-refractivity contribution < 1.29 is 15.2 Å². The molecule has 0 unspecified atom stereocenters. The third kappa shape index (κ3) is 2.44. The molecule has 0 aliphatic carbocycles. The fourth-order valence-corrected chi connectivity index (χ4v) is 1.85. The number of hydroxylamine groups is 4. The Hall–Kier alpha value is -0.120. The molecule has 0 aromatic rings. The number of piperidine rings is 1. The Labute approximate surface area is 74.1 Å². The van der Waals surface area contributed by atoms with Crippen LogP contribution >= 0.6 is 0 Å². The quantitative estimate of drug-likeness (QED) is 0.552. The lowest BCUT2D eigenvalue weighted by Crippen LogP contribution is -2.49. The third-order valence-electron chi connectivity index (χ3n) is 2.90. The minimum absolute atomic E-state index is 0.306. The summed E-state index contributed by atoms with van der Waals surface area (Å²) in [5.74, 6) is 0.628. The van der Waals surface area contributed by atoms with Crippen molar-refractivity contribution >= 4 is 0 Å². The van der Waals surface area contributed by atoms with E-state index in [9.17, 15) is 10.4 Å². The average molecular weight is 174 g/mol. The minimum atomic E-state index is -0.771. The fourth-order valence-electron chi connectivity index (χ4n) is 1.85. The van der Waals surface area contributed by atoms with Gasteiger partial charge in [-0.05, 0) is 16.1 Å². The van der Waals surface area contributed by atoms with Crippen LogP contribution in [-0.2, 0) is 0 Å². The van der Waals surface area contributed by atoms with E-state index in [-0.39, 0.29) is 0 Å². The van der Waals surface area contributed by atoms with Crippen LogP contribution in [0.25, 0.3) is 0 Å². The standard InChI is InChI=1S/C9H20NO2/c1-9(2,3)8-4-6-10(11,12)7-5-8/h8,11-12H,4-7H2,1-3H3/q+1. The Kier molecular flexibility index (Phi) is 2.47. The van der Waals surface area contributed by atoms with Gasteiger partial charge >= 0.3 is 0 Å². The summed E-state index contributed by atoms with van der Waals surface area (Å²) < 4.78 is 0. The SMILES string of the molecule is CC(C)(C)C1CC[N+](O)(O)CC1. The first kappa shape index (κ1) is 9.96. The molecule has 0 amide bonds. The van der Waals surface area contributed by atoms with Crippen LogP contribution in [0.1, 0.15) is 33.6 Å². The van der Waals surface area contributed by atoms with Crippen LogP contribution in [0.5, 0.6) is 0 Å². The Morgan fingerprint density at radius 1 is 1.08 bits per heavy atom. The van der Waals surface area contributed by atoms with Crippen LogP contribution in [0.2, 0.25) is 0 Å². The minimum Gasteiger partial charge on any atom is -0.182 e. The molecule has 12 heavy (non-hydrogen) atoms. The highest BCUT2D eigenvalue weighted by Gasteiger charge is 2.36. The van der Waals surface area contributed by atoms with E-state index in [0.717, 1.165) is 12.8 Å². The summed E-state index contributed by atoms with van der Waals surface area (Å²) >= 11 is 0. The highest BCUT2D eigenvalue weighted by atomic mass is 16.8. The zero-order chi connectivity index (χ0) is 9.41. The van der Waals surface area contributed by atoms with E-state index in [1.807, 2.05) is 0 Å². The summed E-state index contributed by atoms with van der Waals surface area (Å²) in [6.45, 7) is 7.59. The molecule has 0 aromatic heterocycles. The van der Waals surface area contributed by atoms with Crippen molar-refractivity contribution in [3.8, 4) is 0 Å². The zero-order valence-corrected chi connectivity index (χ0v) is 8.25. The van der Waals surface area contributed by atoms with Crippen LogP contribution in [-0.4, -0.2) is 28.3 Å². The van der Waals surface area contributed by atoms with E-state index in [1.165, 1.54) is 0 Å². The molecular weight excluding hydrogens is 154 g/mol. The average Bonchev–Trinajstić information content (AvgIpc) is 1.83. The summed E-state index contributed by atoms with van der Waals surface area (Å²) in [4.78, 5) is -0.771. The monoisotopic (exact) mass is 174 g/mol. The summed E-state index contributed by atoms with van der Waals surface area (Å²) in [6.07, 6.45) is 1.83. The predicted molar refractivity (Wildman–Crippen MR) is 45.7 cm³/mol. The topological polar surface area (TPSA) is 40.5 Å². The molecule has 1 heterocycles. The number of hydrogen-bond acceptors (Lipinski definition) is 2. The van der Waals surface area contributed by atoms with Gasteiger partial charge in [0.25, 0.3) is 0 Å². The zero-order valence-electron chi connectivity index (χ0n) is 8.25. The van der Waals surface area contributed by atoms with Crippen molar-refractivity contribution in [3.63, 3.8) is 0 Å². The second-order valence-corrected chi connectivity index (χ2v) is 4.97. The van der Waals surface area contributed by atoms with Gasteiger partial charge in [0.15, 0.2) is 0 Å². The molecule has 3 nitrogen and oxygen atoms in total. The maximum Gasteiger partial charge on any atom is 0.142 e. The molecule has 1 fully saturated rings. The van der Waals surface area contributed by atoms with Crippen LogP contribution in [0.4, 0.5) is 0 Å². The van der Waals surface area contributed by atoms with E-state index >= 15 is 0 Å². The molecule has 0 bridgehead atoms. The summed E-state index contributed by atoms with van der Waals surface area (Å²) in [5.41, 5.74) is 0.306. The molecule has 0 radical (unpaired) electrons. The molecule has 2 N–H and O–H groups in total. The van der Waals surface area contributed by atoms with Crippen LogP contribution in [0, 0.1) is 11.3 Å². The van der Waals surface area contributed by atoms with Gasteiger partial charge in [-0.25, -0.2) is 0 Å². The van der Waals surface area contributed by atoms with Crippen LogP contribution < -0.4 is 0 Å². The largest absolute Gasteiger partial charge is 0.182 e. The van der Waals surface area contributed by atoms with E-state index in [1.54, 1.807) is 0 Å². The maximum atomic E-state index is 9.25. The Morgan fingerprint density at radius 2 is 1.50 bits per heavy atom. The first-order valence-electron chi connectivity index (χ1n) is 4.64. The Bertz CT molecular complexity index is 150. The van der Waals surface area contributed by atoms with Crippen molar-refractivity contribution in [3.05, 3.63) is 0 Å². The molecule has 0 aromatic carbocycles. The fraction of sp³-hybridized carbons (Fsp3) is 1.00. The van der Waals surface area contributed by atoms with Crippen molar-refractivity contribution in [1.82, 2.24) is 0 Å². The normalized spacial score (nSPS) is 25.8. The predicted octanol–water partition coefficient (Wildman–Crippen LogP) is 2.04. The summed E-state index contributed by atoms with van der Waals surface area (Å²) in [7, 11) is 0. The molecule has 0 spiro atoms. The van der Waals surface area contributed by atoms with Gasteiger partial charge in [-0.15, -0.1) is 0 Å². The Morgan fingerprint density at radius 3 is 1.83 bits per heavy atom. The van der Waals surface area contributed by atoms with Gasteiger partial charge < -0.3 is 0 Å². The smallest absolute Gasteiger partial charge is 0.142 e. The molecule has 3 heteroatoms. The van der Waals surface area contributed by atoms with E-state index < -0.39 is 4.81 Å². The highest BCUT2D eigenvalue weighted by Crippen LogP contribution is 2.35. The number of hydrogen-bond donors (Lipinski definition) is 2. The summed E-state index contributed by atoms with van der Waals surface area (Å²) in [5, 5.41) is 18.5. The first-order valence-corrected chi connectivity index (χ1v) is 4.64. The molecule has 1 rings (SSSR count). The van der Waals surface area contributed by atoms with E-state index in [2.05, 4.69) is 20.8 Å². The molecular formula is C9H20NO2+. The molecule has 0 atom stereocenters. The molecule has 1 aliphatic rings. The molecule has 0 saturated carbocycles. The van der Waals surface area contributed by atoms with Gasteiger partial charge in [0.1, 0.15) is 13.1 Å². The van der Waals surface area contributed by atoms with Gasteiger partial charge in [-0.2, -0.15) is 10.4 Å². The third-order valence-corrected chi connectivity index (χ3v) is 2.90. The van der Waals surface area contributed by atoms with Crippen molar-refractivity contribution in [2.75, 3.05) is 13.1 Å². The van der Waals surface area contributed by atoms with E-state index in [4.69, 9.17) is 0 Å². The van der Waals surface area contributed by atoms with Gasteiger partial charge in [-0.3, -0.25) is 0 Å². The maximum absolute atomic E-state index is 9.25. The van der Waals surface area contributed by atoms with Crippen molar-refractivity contribution in [1.29, 1.82) is 0 Å². The molecule has 1 aliphatic heterocycles. The lowest BCUT2D eigenvalue weighted by molar-refractivity contribution is -1.25. The second-order valence-electron chi connectivity index (χ2n) is 4.97. The van der Waals surface area contributed by atoms with E-state index in [0.29, 0.717) is 24.4 Å². The van der Waals surface area contributed by atoms with Gasteiger partial charge in [0.05, 0.1) is 0 Å². The highest BCUT2D eigenvalue weighted by molar-refractivity contribution is 4.75. The van der Waals surface area contributed by atoms with Crippen molar-refractivity contribution in [2.45, 2.75) is 33.6 Å². The molecule has 1 saturated heterocycles. The number of nitrogens with zero attached hydrogens (tertiary/aromatic N) is 1. The lowest BCUT2D eigenvalue weighted by atomic mass is 9.75. The summed E-state index contributed by atoms with van der Waals surface area (Å²) in [6, 6.07) is 0. The van der Waals surface area contributed by atoms with Crippen LogP contribution in [0.3, 0.4) is 0 Å². The van der Waals surface area contributed by atoms with Crippen LogP contribution in [0.15, 0.2) is 0 Å². The number of quaternary nitrogens is 1. The lowest BCUT2D eigenvalue weighted by Gasteiger charge is -2.37. The molecule has 72 valence electrons. The van der Waals surface area contributed by atoms with Gasteiger partial charge in [-0.1, -0.05) is 20.8 Å². The van der Waals surface area contributed by atoms with Gasteiger partial charge in [0, 0.05) is 12.8 Å². The van der Waals surface area contributed by atoms with Gasteiger partial charge in [0.2, 0.25) is 0 Å². The Balaban J connectivity index is 2.47. The number of rotatable bonds is 0. The van der Waals surface area contributed by atoms with Crippen molar-refractivity contribution in [2.24, 2.45) is 11.3 Å².